The summed E-state index contributed by atoms with van der Waals surface area (Å²) in [5, 5.41) is 2.07. The summed E-state index contributed by atoms with van der Waals surface area (Å²) in [6, 6.07) is 9.39. The summed E-state index contributed by atoms with van der Waals surface area (Å²) < 4.78 is 17.3. The van der Waals surface area contributed by atoms with Crippen molar-refractivity contribution in [2.75, 3.05) is 40.0 Å². The third kappa shape index (κ3) is 5.55. The monoisotopic (exact) mass is 486 g/mol. The zero-order chi connectivity index (χ0) is 24.1. The number of amides is 2. The minimum atomic E-state index is -0.217. The van der Waals surface area contributed by atoms with Crippen molar-refractivity contribution in [2.45, 2.75) is 45.3 Å². The topological polar surface area (TPSA) is 68.3 Å². The van der Waals surface area contributed by atoms with E-state index in [1.165, 1.54) is 4.88 Å². The molecule has 1 aromatic heterocycles. The van der Waals surface area contributed by atoms with Crippen LogP contribution in [0.1, 0.15) is 43.2 Å². The summed E-state index contributed by atoms with van der Waals surface area (Å²) in [5.41, 5.74) is 1.13. The second-order valence-corrected chi connectivity index (χ2v) is 10.1. The Morgan fingerprint density at radius 1 is 1.24 bits per heavy atom. The van der Waals surface area contributed by atoms with Gasteiger partial charge in [-0.05, 0) is 48.4 Å². The summed E-state index contributed by atoms with van der Waals surface area (Å²) in [7, 11) is 1.62. The van der Waals surface area contributed by atoms with Crippen LogP contribution in [0.3, 0.4) is 0 Å². The molecule has 184 valence electrons. The smallest absolute Gasteiger partial charge is 0.242 e. The van der Waals surface area contributed by atoms with Crippen molar-refractivity contribution in [3.8, 4) is 11.5 Å². The Hall–Kier alpha value is -2.58. The summed E-state index contributed by atoms with van der Waals surface area (Å²) in [5.74, 6) is 1.06. The van der Waals surface area contributed by atoms with Crippen molar-refractivity contribution in [3.63, 3.8) is 0 Å². The van der Waals surface area contributed by atoms with E-state index in [0.29, 0.717) is 31.2 Å². The summed E-state index contributed by atoms with van der Waals surface area (Å²) >= 11 is 1.72. The average molecular weight is 487 g/mol. The molecule has 4 rings (SSSR count). The number of nitrogens with zero attached hydrogens (tertiary/aromatic N) is 2. The zero-order valence-electron chi connectivity index (χ0n) is 20.2. The molecule has 3 heterocycles. The van der Waals surface area contributed by atoms with E-state index in [4.69, 9.17) is 14.2 Å². The molecule has 0 aliphatic carbocycles. The van der Waals surface area contributed by atoms with Crippen molar-refractivity contribution < 1.29 is 23.8 Å². The number of methoxy groups -OCH3 is 1. The number of para-hydroxylation sites is 2. The Balaban J connectivity index is 1.51. The van der Waals surface area contributed by atoms with Gasteiger partial charge in [-0.25, -0.2) is 0 Å². The quantitative estimate of drug-likeness (QED) is 0.537. The van der Waals surface area contributed by atoms with Gasteiger partial charge < -0.3 is 24.0 Å². The van der Waals surface area contributed by atoms with Gasteiger partial charge >= 0.3 is 0 Å². The van der Waals surface area contributed by atoms with Crippen LogP contribution < -0.4 is 9.47 Å². The molecule has 1 aromatic carbocycles. The molecule has 2 atom stereocenters. The molecule has 0 radical (unpaired) electrons. The minimum Gasteiger partial charge on any atom is -0.493 e. The van der Waals surface area contributed by atoms with E-state index in [-0.39, 0.29) is 36.4 Å². The van der Waals surface area contributed by atoms with Crippen LogP contribution in [0, 0.1) is 5.92 Å². The number of hydrogen-bond donors (Lipinski definition) is 0. The van der Waals surface area contributed by atoms with E-state index in [0.717, 1.165) is 31.4 Å². The molecule has 0 N–H and O–H groups in total. The van der Waals surface area contributed by atoms with Crippen LogP contribution in [-0.2, 0) is 20.7 Å². The normalized spacial score (nSPS) is 19.7. The first-order valence-corrected chi connectivity index (χ1v) is 12.9. The lowest BCUT2D eigenvalue weighted by Crippen LogP contribution is -2.50. The Kier molecular flexibility index (Phi) is 8.11. The highest BCUT2D eigenvalue weighted by Gasteiger charge is 2.34. The zero-order valence-corrected chi connectivity index (χ0v) is 21.0. The Morgan fingerprint density at radius 3 is 2.74 bits per heavy atom. The van der Waals surface area contributed by atoms with E-state index >= 15 is 0 Å². The predicted molar refractivity (Wildman–Crippen MR) is 131 cm³/mol. The molecule has 2 aliphatic heterocycles. The van der Waals surface area contributed by atoms with E-state index < -0.39 is 0 Å². The number of carbonyl (C=O) groups is 2. The van der Waals surface area contributed by atoms with Gasteiger partial charge in [-0.3, -0.25) is 9.59 Å². The molecule has 7 nitrogen and oxygen atoms in total. The van der Waals surface area contributed by atoms with Crippen LogP contribution >= 0.6 is 11.3 Å². The number of rotatable bonds is 9. The molecule has 0 bridgehead atoms. The van der Waals surface area contributed by atoms with Gasteiger partial charge in [0.25, 0.3) is 0 Å². The maximum atomic E-state index is 13.6. The highest BCUT2D eigenvalue weighted by atomic mass is 32.1. The third-order valence-corrected chi connectivity index (χ3v) is 7.46. The van der Waals surface area contributed by atoms with Gasteiger partial charge in [0.05, 0.1) is 25.8 Å². The van der Waals surface area contributed by atoms with Crippen LogP contribution in [0.2, 0.25) is 0 Å². The maximum absolute atomic E-state index is 13.6. The lowest BCUT2D eigenvalue weighted by molar-refractivity contribution is -0.145. The van der Waals surface area contributed by atoms with Gasteiger partial charge in [0.1, 0.15) is 6.61 Å². The van der Waals surface area contributed by atoms with Gasteiger partial charge in [-0.15, -0.1) is 11.3 Å². The van der Waals surface area contributed by atoms with Gasteiger partial charge in [0.2, 0.25) is 11.8 Å². The summed E-state index contributed by atoms with van der Waals surface area (Å²) in [6.07, 6.45) is 2.74. The van der Waals surface area contributed by atoms with Crippen molar-refractivity contribution in [1.82, 2.24) is 9.80 Å². The number of carbonyl (C=O) groups excluding carboxylic acids is 2. The first-order valence-electron chi connectivity index (χ1n) is 12.0. The van der Waals surface area contributed by atoms with E-state index in [1.54, 1.807) is 23.3 Å². The first-order chi connectivity index (χ1) is 16.5. The van der Waals surface area contributed by atoms with Gasteiger partial charge in [-0.2, -0.15) is 0 Å². The van der Waals surface area contributed by atoms with Crippen LogP contribution in [0.5, 0.6) is 11.5 Å². The molecule has 34 heavy (non-hydrogen) atoms. The fourth-order valence-electron chi connectivity index (χ4n) is 4.67. The SMILES string of the molecule is COc1ccccc1OCC1c2ccsc2CCN1C(=O)CN(CC1CCCO1)C(=O)C(C)C. The van der Waals surface area contributed by atoms with Crippen molar-refractivity contribution in [3.05, 3.63) is 46.2 Å². The van der Waals surface area contributed by atoms with Crippen molar-refractivity contribution in [1.29, 1.82) is 0 Å². The number of thiophene rings is 1. The Bertz CT molecular complexity index is 985. The predicted octanol–water partition coefficient (Wildman–Crippen LogP) is 3.93. The molecule has 1 fully saturated rings. The molecular weight excluding hydrogens is 452 g/mol. The highest BCUT2D eigenvalue weighted by Crippen LogP contribution is 2.35. The molecular formula is C26H34N2O5S. The highest BCUT2D eigenvalue weighted by molar-refractivity contribution is 7.10. The van der Waals surface area contributed by atoms with E-state index in [9.17, 15) is 9.59 Å². The van der Waals surface area contributed by atoms with Crippen LogP contribution in [0.15, 0.2) is 35.7 Å². The summed E-state index contributed by atoms with van der Waals surface area (Å²) in [4.78, 5) is 31.4. The lowest BCUT2D eigenvalue weighted by Gasteiger charge is -2.37. The maximum Gasteiger partial charge on any atom is 0.242 e. The Labute approximate surface area is 205 Å². The van der Waals surface area contributed by atoms with Gasteiger partial charge in [-0.1, -0.05) is 26.0 Å². The molecule has 1 saturated heterocycles. The van der Waals surface area contributed by atoms with Crippen LogP contribution in [0.4, 0.5) is 0 Å². The van der Waals surface area contributed by atoms with E-state index in [1.807, 2.05) is 43.0 Å². The second kappa shape index (κ2) is 11.2. The fourth-order valence-corrected chi connectivity index (χ4v) is 5.60. The number of ether oxygens (including phenoxy) is 3. The number of benzene rings is 1. The minimum absolute atomic E-state index is 0.00464. The van der Waals surface area contributed by atoms with Crippen molar-refractivity contribution >= 4 is 23.2 Å². The average Bonchev–Trinajstić information content (AvgIpc) is 3.53. The number of hydrogen-bond acceptors (Lipinski definition) is 6. The molecule has 2 amide bonds. The van der Waals surface area contributed by atoms with Gasteiger partial charge in [0, 0.05) is 30.5 Å². The molecule has 2 aliphatic rings. The van der Waals surface area contributed by atoms with Crippen molar-refractivity contribution in [2.24, 2.45) is 5.92 Å². The molecule has 2 aromatic rings. The molecule has 0 spiro atoms. The van der Waals surface area contributed by atoms with E-state index in [2.05, 4.69) is 11.4 Å². The molecule has 2 unspecified atom stereocenters. The first kappa shape index (κ1) is 24.5. The standard InChI is InChI=1S/C26H34N2O5S/c1-18(2)26(30)27(15-19-7-6-13-32-19)16-25(29)28-12-10-24-20(11-14-34-24)21(28)17-33-23-9-5-4-8-22(23)31-3/h4-5,8-9,11,14,18-19,21H,6-7,10,12-13,15-17H2,1-3H3. The van der Waals surface area contributed by atoms with Crippen LogP contribution in [0.25, 0.3) is 0 Å². The summed E-state index contributed by atoms with van der Waals surface area (Å²) in [6.45, 7) is 5.91. The van der Waals surface area contributed by atoms with Gasteiger partial charge in [0.15, 0.2) is 11.5 Å². The lowest BCUT2D eigenvalue weighted by atomic mass is 10.00. The third-order valence-electron chi connectivity index (χ3n) is 6.46. The second-order valence-electron chi connectivity index (χ2n) is 9.12. The largest absolute Gasteiger partial charge is 0.493 e. The number of fused-ring (bicyclic) bond motifs is 1. The van der Waals surface area contributed by atoms with Crippen LogP contribution in [-0.4, -0.2) is 67.7 Å². The fraction of sp³-hybridized carbons (Fsp3) is 0.538. The molecule has 0 saturated carbocycles. The molecule has 8 heteroatoms. The Morgan fingerprint density at radius 2 is 2.03 bits per heavy atom.